The lowest BCUT2D eigenvalue weighted by Crippen LogP contribution is -2.48. The molecule has 2 aliphatic rings. The molecule has 3 atom stereocenters. The molecular formula is C12H23ClN2OS. The molecule has 17 heavy (non-hydrogen) atoms. The molecule has 1 aliphatic carbocycles. The Morgan fingerprint density at radius 1 is 1.41 bits per heavy atom. The number of nitrogens with zero attached hydrogens (tertiary/aromatic N) is 1. The first-order chi connectivity index (χ1) is 7.68. The van der Waals surface area contributed by atoms with Crippen LogP contribution in [0.5, 0.6) is 0 Å². The highest BCUT2D eigenvalue weighted by Crippen LogP contribution is 2.27. The summed E-state index contributed by atoms with van der Waals surface area (Å²) in [5.41, 5.74) is 5.95. The van der Waals surface area contributed by atoms with Crippen LogP contribution in [-0.4, -0.2) is 40.9 Å². The van der Waals surface area contributed by atoms with E-state index in [1.54, 1.807) is 0 Å². The maximum absolute atomic E-state index is 12.4. The summed E-state index contributed by atoms with van der Waals surface area (Å²) < 4.78 is 0. The normalized spacial score (nSPS) is 34.0. The van der Waals surface area contributed by atoms with Crippen LogP contribution in [0.2, 0.25) is 0 Å². The smallest absolute Gasteiger partial charge is 0.226 e. The zero-order chi connectivity index (χ0) is 11.5. The SMILES string of the molecule is CC1CSCCN1C(=O)C1CCCC(N)C1.Cl. The summed E-state index contributed by atoms with van der Waals surface area (Å²) in [6, 6.07) is 0.654. The van der Waals surface area contributed by atoms with Gasteiger partial charge in [0.2, 0.25) is 5.91 Å². The number of hydrogen-bond donors (Lipinski definition) is 1. The van der Waals surface area contributed by atoms with Gasteiger partial charge in [0.05, 0.1) is 0 Å². The largest absolute Gasteiger partial charge is 0.338 e. The van der Waals surface area contributed by atoms with Crippen molar-refractivity contribution >= 4 is 30.1 Å². The van der Waals surface area contributed by atoms with Crippen LogP contribution in [0.4, 0.5) is 0 Å². The first kappa shape index (κ1) is 15.1. The van der Waals surface area contributed by atoms with Crippen molar-refractivity contribution in [3.8, 4) is 0 Å². The van der Waals surface area contributed by atoms with E-state index in [1.165, 1.54) is 0 Å². The van der Waals surface area contributed by atoms with Crippen LogP contribution >= 0.6 is 24.2 Å². The maximum atomic E-state index is 12.4. The topological polar surface area (TPSA) is 46.3 Å². The third-order valence-corrected chi connectivity index (χ3v) is 4.90. The number of carbonyl (C=O) groups excluding carboxylic acids is 1. The van der Waals surface area contributed by atoms with Crippen molar-refractivity contribution in [3.63, 3.8) is 0 Å². The molecule has 100 valence electrons. The molecule has 1 heterocycles. The van der Waals surface area contributed by atoms with Crippen molar-refractivity contribution in [1.82, 2.24) is 4.90 Å². The van der Waals surface area contributed by atoms with Gasteiger partial charge in [-0.1, -0.05) is 6.42 Å². The molecule has 2 rings (SSSR count). The van der Waals surface area contributed by atoms with Crippen LogP contribution in [0.15, 0.2) is 0 Å². The standard InChI is InChI=1S/C12H22N2OS.ClH/c1-9-8-16-6-5-14(9)12(15)10-3-2-4-11(13)7-10;/h9-11H,2-8,13H2,1H3;1H. The fourth-order valence-electron chi connectivity index (χ4n) is 2.74. The predicted molar refractivity (Wildman–Crippen MR) is 75.7 cm³/mol. The lowest BCUT2D eigenvalue weighted by Gasteiger charge is -2.37. The van der Waals surface area contributed by atoms with Crippen molar-refractivity contribution in [2.24, 2.45) is 11.7 Å². The third kappa shape index (κ3) is 3.76. The molecule has 2 N–H and O–H groups in total. The molecule has 1 amide bonds. The monoisotopic (exact) mass is 278 g/mol. The van der Waals surface area contributed by atoms with Gasteiger partial charge in [-0.2, -0.15) is 11.8 Å². The zero-order valence-electron chi connectivity index (χ0n) is 10.4. The molecule has 0 aromatic heterocycles. The number of thioether (sulfide) groups is 1. The van der Waals surface area contributed by atoms with Crippen LogP contribution in [0.25, 0.3) is 0 Å². The minimum atomic E-state index is 0. The van der Waals surface area contributed by atoms with Gasteiger partial charge >= 0.3 is 0 Å². The van der Waals surface area contributed by atoms with Gasteiger partial charge in [-0.15, -0.1) is 12.4 Å². The molecule has 1 aliphatic heterocycles. The molecule has 1 saturated heterocycles. The molecular weight excluding hydrogens is 256 g/mol. The van der Waals surface area contributed by atoms with E-state index < -0.39 is 0 Å². The Labute approximate surface area is 114 Å². The predicted octanol–water partition coefficient (Wildman–Crippen LogP) is 1.89. The number of carbonyl (C=O) groups is 1. The van der Waals surface area contributed by atoms with Gasteiger partial charge in [-0.25, -0.2) is 0 Å². The molecule has 0 bridgehead atoms. The molecule has 0 aromatic carbocycles. The lowest BCUT2D eigenvalue weighted by molar-refractivity contribution is -0.138. The minimum absolute atomic E-state index is 0. The Morgan fingerprint density at radius 3 is 2.82 bits per heavy atom. The fraction of sp³-hybridized carbons (Fsp3) is 0.917. The Balaban J connectivity index is 0.00000144. The fourth-order valence-corrected chi connectivity index (χ4v) is 3.75. The first-order valence-corrected chi connectivity index (χ1v) is 7.47. The summed E-state index contributed by atoms with van der Waals surface area (Å²) in [6.07, 6.45) is 4.15. The second-order valence-electron chi connectivity index (χ2n) is 5.08. The van der Waals surface area contributed by atoms with E-state index in [9.17, 15) is 4.79 Å². The van der Waals surface area contributed by atoms with Crippen molar-refractivity contribution in [3.05, 3.63) is 0 Å². The molecule has 2 fully saturated rings. The average molecular weight is 279 g/mol. The average Bonchev–Trinajstić information content (AvgIpc) is 2.29. The number of amides is 1. The second kappa shape index (κ2) is 6.86. The van der Waals surface area contributed by atoms with E-state index in [2.05, 4.69) is 11.8 Å². The molecule has 0 radical (unpaired) electrons. The van der Waals surface area contributed by atoms with Crippen molar-refractivity contribution in [2.75, 3.05) is 18.1 Å². The molecule has 0 spiro atoms. The van der Waals surface area contributed by atoms with Gasteiger partial charge in [0.15, 0.2) is 0 Å². The highest BCUT2D eigenvalue weighted by molar-refractivity contribution is 7.99. The van der Waals surface area contributed by atoms with E-state index in [0.717, 1.165) is 43.7 Å². The molecule has 3 nitrogen and oxygen atoms in total. The first-order valence-electron chi connectivity index (χ1n) is 6.32. The summed E-state index contributed by atoms with van der Waals surface area (Å²) in [5, 5.41) is 0. The van der Waals surface area contributed by atoms with Gasteiger partial charge in [-0.05, 0) is 26.2 Å². The van der Waals surface area contributed by atoms with E-state index in [1.807, 2.05) is 11.8 Å². The van der Waals surface area contributed by atoms with Gasteiger partial charge < -0.3 is 10.6 Å². The number of nitrogens with two attached hydrogens (primary N) is 1. The molecule has 5 heteroatoms. The van der Waals surface area contributed by atoms with Crippen LogP contribution in [0.1, 0.15) is 32.6 Å². The lowest BCUT2D eigenvalue weighted by atomic mass is 9.85. The summed E-state index contributed by atoms with van der Waals surface area (Å²) in [5.74, 6) is 2.75. The summed E-state index contributed by atoms with van der Waals surface area (Å²) >= 11 is 1.95. The summed E-state index contributed by atoms with van der Waals surface area (Å²) in [6.45, 7) is 3.09. The summed E-state index contributed by atoms with van der Waals surface area (Å²) in [4.78, 5) is 14.5. The van der Waals surface area contributed by atoms with Gasteiger partial charge in [0, 0.05) is 36.1 Å². The highest BCUT2D eigenvalue weighted by atomic mass is 35.5. The quantitative estimate of drug-likeness (QED) is 0.797. The second-order valence-corrected chi connectivity index (χ2v) is 6.23. The number of rotatable bonds is 1. The van der Waals surface area contributed by atoms with E-state index >= 15 is 0 Å². The highest BCUT2D eigenvalue weighted by Gasteiger charge is 2.32. The Morgan fingerprint density at radius 2 is 2.18 bits per heavy atom. The molecule has 0 aromatic rings. The van der Waals surface area contributed by atoms with Crippen molar-refractivity contribution in [2.45, 2.75) is 44.7 Å². The molecule has 3 unspecified atom stereocenters. The zero-order valence-corrected chi connectivity index (χ0v) is 12.1. The van der Waals surface area contributed by atoms with Gasteiger partial charge in [0.1, 0.15) is 0 Å². The Hall–Kier alpha value is 0.0700. The maximum Gasteiger partial charge on any atom is 0.226 e. The van der Waals surface area contributed by atoms with Crippen molar-refractivity contribution in [1.29, 1.82) is 0 Å². The van der Waals surface area contributed by atoms with Crippen LogP contribution in [-0.2, 0) is 4.79 Å². The van der Waals surface area contributed by atoms with Crippen molar-refractivity contribution < 1.29 is 4.79 Å². The number of halogens is 1. The van der Waals surface area contributed by atoms with Gasteiger partial charge in [0.25, 0.3) is 0 Å². The third-order valence-electron chi connectivity index (χ3n) is 3.71. The van der Waals surface area contributed by atoms with Crippen LogP contribution in [0.3, 0.4) is 0 Å². The Bertz CT molecular complexity index is 265. The van der Waals surface area contributed by atoms with E-state index in [4.69, 9.17) is 5.73 Å². The summed E-state index contributed by atoms with van der Waals surface area (Å²) in [7, 11) is 0. The van der Waals surface area contributed by atoms with Crippen LogP contribution < -0.4 is 5.73 Å². The molecule has 1 saturated carbocycles. The van der Waals surface area contributed by atoms with E-state index in [-0.39, 0.29) is 24.4 Å². The minimum Gasteiger partial charge on any atom is -0.338 e. The Kier molecular flexibility index (Phi) is 6.10. The number of hydrogen-bond acceptors (Lipinski definition) is 3. The van der Waals surface area contributed by atoms with Gasteiger partial charge in [-0.3, -0.25) is 4.79 Å². The van der Waals surface area contributed by atoms with E-state index in [0.29, 0.717) is 11.9 Å². The van der Waals surface area contributed by atoms with Crippen LogP contribution in [0, 0.1) is 5.92 Å².